The topological polar surface area (TPSA) is 58.9 Å². The van der Waals surface area contributed by atoms with E-state index in [9.17, 15) is 9.59 Å². The molecule has 0 radical (unpaired) electrons. The first kappa shape index (κ1) is 19.4. The smallest absolute Gasteiger partial charge is 0.211 e. The summed E-state index contributed by atoms with van der Waals surface area (Å²) in [5.41, 5.74) is -0.578. The highest BCUT2D eigenvalue weighted by molar-refractivity contribution is 8.00. The summed E-state index contributed by atoms with van der Waals surface area (Å²) in [4.78, 5) is 30.8. The van der Waals surface area contributed by atoms with Gasteiger partial charge in [0.15, 0.2) is 0 Å². The number of hydrogen-bond donors (Lipinski definition) is 0. The van der Waals surface area contributed by atoms with E-state index in [1.54, 1.807) is 11.8 Å². The zero-order chi connectivity index (χ0) is 17.1. The van der Waals surface area contributed by atoms with E-state index in [2.05, 4.69) is 9.98 Å². The van der Waals surface area contributed by atoms with E-state index in [0.29, 0.717) is 0 Å². The number of rotatable bonds is 3. The Labute approximate surface area is 150 Å². The molecule has 2 aliphatic rings. The second-order valence-electron chi connectivity index (χ2n) is 7.21. The van der Waals surface area contributed by atoms with E-state index in [0.717, 1.165) is 57.1 Å². The van der Waals surface area contributed by atoms with Crippen molar-refractivity contribution in [2.75, 3.05) is 5.75 Å². The summed E-state index contributed by atoms with van der Waals surface area (Å²) < 4.78 is 0. The van der Waals surface area contributed by atoms with Crippen LogP contribution in [0.25, 0.3) is 0 Å². The Kier molecular flexibility index (Phi) is 8.24. The van der Waals surface area contributed by atoms with E-state index in [4.69, 9.17) is 0 Å². The highest BCUT2D eigenvalue weighted by atomic mass is 32.2. The van der Waals surface area contributed by atoms with E-state index in [-0.39, 0.29) is 0 Å². The van der Waals surface area contributed by atoms with Gasteiger partial charge in [-0.15, -0.1) is 11.8 Å². The Bertz CT molecular complexity index is 418. The second kappa shape index (κ2) is 10.2. The van der Waals surface area contributed by atoms with Crippen molar-refractivity contribution in [1.82, 2.24) is 0 Å². The Morgan fingerprint density at radius 3 is 1.71 bits per heavy atom. The largest absolute Gasteiger partial charge is 0.236 e. The molecule has 1 saturated carbocycles. The van der Waals surface area contributed by atoms with Crippen molar-refractivity contribution in [3.63, 3.8) is 0 Å². The van der Waals surface area contributed by atoms with Crippen LogP contribution < -0.4 is 0 Å². The van der Waals surface area contributed by atoms with E-state index in [1.165, 1.54) is 38.5 Å². The number of aliphatic imine (C=N–C) groups is 2. The average Bonchev–Trinajstić information content (AvgIpc) is 2.77. The van der Waals surface area contributed by atoms with Crippen molar-refractivity contribution in [1.29, 1.82) is 0 Å². The third kappa shape index (κ3) is 4.81. The zero-order valence-corrected chi connectivity index (χ0v) is 15.5. The van der Waals surface area contributed by atoms with Crippen molar-refractivity contribution in [3.8, 4) is 0 Å². The fraction of sp³-hybridized carbons (Fsp3) is 0.895. The third-order valence-electron chi connectivity index (χ3n) is 5.64. The summed E-state index contributed by atoms with van der Waals surface area (Å²) in [5, 5.41) is 0. The normalized spacial score (nSPS) is 29.2. The molecule has 2 rings (SSSR count). The van der Waals surface area contributed by atoms with Gasteiger partial charge in [0, 0.05) is 0 Å². The van der Waals surface area contributed by atoms with Gasteiger partial charge in [-0.2, -0.15) is 9.98 Å². The summed E-state index contributed by atoms with van der Waals surface area (Å²) in [7, 11) is 0. The Hall–Kier alpha value is -0.890. The molecule has 1 saturated heterocycles. The van der Waals surface area contributed by atoms with Crippen LogP contribution in [0.2, 0.25) is 0 Å². The molecule has 1 atom stereocenters. The standard InChI is InChI=1S/C19H30N2O2S/c22-16-20-18(12-8-4-1-2-5-9-13-18)19(21-17-23)14-10-6-3-7-11-15-24-19/h1-15H2. The highest BCUT2D eigenvalue weighted by Gasteiger charge is 2.52. The fourth-order valence-electron chi connectivity index (χ4n) is 4.29. The SMILES string of the molecule is O=C=NC1(C2(N=C=O)CCCCCCCS2)CCCCCCCC1. The van der Waals surface area contributed by atoms with Crippen molar-refractivity contribution in [2.45, 2.75) is 100 Å². The van der Waals surface area contributed by atoms with E-state index >= 15 is 0 Å². The molecule has 1 heterocycles. The van der Waals surface area contributed by atoms with Gasteiger partial charge < -0.3 is 0 Å². The quantitative estimate of drug-likeness (QED) is 0.511. The van der Waals surface area contributed by atoms with Crippen LogP contribution in [-0.2, 0) is 9.59 Å². The molecular formula is C19H30N2O2S. The van der Waals surface area contributed by atoms with Gasteiger partial charge in [0.25, 0.3) is 0 Å². The molecule has 2 fully saturated rings. The number of nitrogens with zero attached hydrogens (tertiary/aromatic N) is 2. The van der Waals surface area contributed by atoms with Crippen LogP contribution in [0, 0.1) is 0 Å². The second-order valence-corrected chi connectivity index (χ2v) is 8.58. The average molecular weight is 351 g/mol. The van der Waals surface area contributed by atoms with Gasteiger partial charge in [-0.25, -0.2) is 9.59 Å². The van der Waals surface area contributed by atoms with E-state index < -0.39 is 10.4 Å². The molecule has 134 valence electrons. The molecule has 0 amide bonds. The molecule has 0 bridgehead atoms. The maximum absolute atomic E-state index is 11.3. The first-order valence-corrected chi connectivity index (χ1v) is 10.6. The van der Waals surface area contributed by atoms with Gasteiger partial charge in [0.1, 0.15) is 10.4 Å². The van der Waals surface area contributed by atoms with Gasteiger partial charge >= 0.3 is 0 Å². The predicted octanol–water partition coefficient (Wildman–Crippen LogP) is 5.31. The van der Waals surface area contributed by atoms with Crippen molar-refractivity contribution in [2.24, 2.45) is 9.98 Å². The summed E-state index contributed by atoms with van der Waals surface area (Å²) in [6.45, 7) is 0. The van der Waals surface area contributed by atoms with Crippen molar-refractivity contribution < 1.29 is 9.59 Å². The number of isocyanates is 2. The van der Waals surface area contributed by atoms with Crippen LogP contribution in [-0.4, -0.2) is 28.3 Å². The van der Waals surface area contributed by atoms with Gasteiger partial charge in [-0.1, -0.05) is 64.2 Å². The fourth-order valence-corrected chi connectivity index (χ4v) is 5.88. The lowest BCUT2D eigenvalue weighted by Gasteiger charge is -2.43. The zero-order valence-electron chi connectivity index (χ0n) is 14.7. The molecule has 0 aromatic rings. The monoisotopic (exact) mass is 350 g/mol. The van der Waals surface area contributed by atoms with Gasteiger partial charge in [0.05, 0.1) is 0 Å². The maximum Gasteiger partial charge on any atom is 0.236 e. The summed E-state index contributed by atoms with van der Waals surface area (Å²) >= 11 is 1.75. The lowest BCUT2D eigenvalue weighted by molar-refractivity contribution is 0.249. The Morgan fingerprint density at radius 1 is 0.625 bits per heavy atom. The van der Waals surface area contributed by atoms with Crippen LogP contribution in [0.4, 0.5) is 0 Å². The van der Waals surface area contributed by atoms with E-state index in [1.807, 2.05) is 12.2 Å². The Morgan fingerprint density at radius 2 is 1.12 bits per heavy atom. The number of hydrogen-bond acceptors (Lipinski definition) is 5. The van der Waals surface area contributed by atoms with Crippen molar-refractivity contribution >= 4 is 23.9 Å². The molecule has 1 aliphatic heterocycles. The lowest BCUT2D eigenvalue weighted by atomic mass is 9.78. The molecule has 0 N–H and O–H groups in total. The van der Waals surface area contributed by atoms with Crippen LogP contribution in [0.3, 0.4) is 0 Å². The van der Waals surface area contributed by atoms with Crippen LogP contribution in [0.15, 0.2) is 9.98 Å². The molecule has 1 unspecified atom stereocenters. The van der Waals surface area contributed by atoms with Crippen molar-refractivity contribution in [3.05, 3.63) is 0 Å². The first-order chi connectivity index (χ1) is 11.8. The molecule has 24 heavy (non-hydrogen) atoms. The van der Waals surface area contributed by atoms with Crippen LogP contribution in [0.5, 0.6) is 0 Å². The van der Waals surface area contributed by atoms with Crippen LogP contribution >= 0.6 is 11.8 Å². The first-order valence-electron chi connectivity index (χ1n) is 9.61. The maximum atomic E-state index is 11.3. The van der Waals surface area contributed by atoms with Gasteiger partial charge in [-0.3, -0.25) is 0 Å². The highest BCUT2D eigenvalue weighted by Crippen LogP contribution is 2.50. The number of carbonyl (C=O) groups excluding carboxylic acids is 2. The number of thioether (sulfide) groups is 1. The minimum absolute atomic E-state index is 0.578. The molecule has 0 aromatic heterocycles. The Balaban J connectivity index is 2.41. The molecule has 1 aliphatic carbocycles. The summed E-state index contributed by atoms with van der Waals surface area (Å²) in [5.74, 6) is 0.974. The molecular weight excluding hydrogens is 320 g/mol. The summed E-state index contributed by atoms with van der Waals surface area (Å²) in [6, 6.07) is 0. The molecule has 4 nitrogen and oxygen atoms in total. The lowest BCUT2D eigenvalue weighted by Crippen LogP contribution is -2.49. The van der Waals surface area contributed by atoms with Gasteiger partial charge in [0.2, 0.25) is 12.2 Å². The third-order valence-corrected chi connectivity index (χ3v) is 7.29. The van der Waals surface area contributed by atoms with Crippen LogP contribution in [0.1, 0.15) is 89.9 Å². The minimum Gasteiger partial charge on any atom is -0.211 e. The molecule has 5 heteroatoms. The minimum atomic E-state index is -0.624. The molecule has 0 aromatic carbocycles. The summed E-state index contributed by atoms with van der Waals surface area (Å²) in [6.07, 6.45) is 18.9. The molecule has 0 spiro atoms. The van der Waals surface area contributed by atoms with Gasteiger partial charge in [-0.05, 0) is 31.4 Å². The predicted molar refractivity (Wildman–Crippen MR) is 98.8 cm³/mol.